The van der Waals surface area contributed by atoms with Gasteiger partial charge in [0, 0.05) is 19.4 Å². The maximum atomic E-state index is 12.8. The van der Waals surface area contributed by atoms with Gasteiger partial charge in [-0.2, -0.15) is 0 Å². The van der Waals surface area contributed by atoms with Gasteiger partial charge in [0.05, 0.1) is 13.2 Å². The molecule has 0 aliphatic carbocycles. The Hall–Kier alpha value is -0.990. The molecule has 0 bridgehead atoms. The number of rotatable bonds is 68. The van der Waals surface area contributed by atoms with Crippen LogP contribution in [0.3, 0.4) is 0 Å². The number of phosphoric ester groups is 1. The first-order valence-electron chi connectivity index (χ1n) is 35.0. The molecule has 0 spiro atoms. The number of phosphoric acid groups is 1. The fourth-order valence-corrected chi connectivity index (χ4v) is 11.8. The zero-order chi connectivity index (χ0) is 56.6. The van der Waals surface area contributed by atoms with Crippen LogP contribution in [0.25, 0.3) is 0 Å². The zero-order valence-corrected chi connectivity index (χ0v) is 53.3. The van der Waals surface area contributed by atoms with E-state index in [0.717, 1.165) is 32.1 Å². The van der Waals surface area contributed by atoms with Crippen molar-refractivity contribution in [3.63, 3.8) is 0 Å². The minimum absolute atomic E-state index is 0.0588. The Kier molecular flexibility index (Phi) is 64.3. The van der Waals surface area contributed by atoms with Gasteiger partial charge in [0.25, 0.3) is 0 Å². The fraction of sp³-hybridized carbons (Fsp3) is 0.971. The predicted molar refractivity (Wildman–Crippen MR) is 335 cm³/mol. The summed E-state index contributed by atoms with van der Waals surface area (Å²) in [7, 11) is -4.38. The lowest BCUT2D eigenvalue weighted by atomic mass is 10.0. The van der Waals surface area contributed by atoms with Crippen LogP contribution in [-0.2, 0) is 32.7 Å². The van der Waals surface area contributed by atoms with Crippen LogP contribution in [0.5, 0.6) is 0 Å². The average Bonchev–Trinajstić information content (AvgIpc) is 3.43. The lowest BCUT2D eigenvalue weighted by Crippen LogP contribution is -2.29. The summed E-state index contributed by atoms with van der Waals surface area (Å²) in [6.45, 7) is 3.85. The molecule has 0 amide bonds. The standard InChI is InChI=1S/C68H136NO8P/c1-3-5-7-9-11-13-15-17-19-21-23-25-27-29-30-31-32-33-34-35-36-37-39-41-43-45-47-49-51-53-55-57-59-61-68(71)77-66(65-76-78(72,73)75-63-62-69)64-74-67(70)60-58-56-54-52-50-48-46-44-42-40-38-28-26-24-22-20-18-16-14-12-10-8-6-4-2/h66H,3-65,69H2,1-2H3,(H,72,73). The summed E-state index contributed by atoms with van der Waals surface area (Å²) in [5.74, 6) is -0.797. The summed E-state index contributed by atoms with van der Waals surface area (Å²) in [6.07, 6.45) is 76.4. The van der Waals surface area contributed by atoms with Gasteiger partial charge in [-0.15, -0.1) is 0 Å². The second-order valence-electron chi connectivity index (χ2n) is 24.1. The molecule has 78 heavy (non-hydrogen) atoms. The normalized spacial score (nSPS) is 12.8. The predicted octanol–water partition coefficient (Wildman–Crippen LogP) is 22.6. The Morgan fingerprint density at radius 2 is 0.551 bits per heavy atom. The maximum absolute atomic E-state index is 12.8. The zero-order valence-electron chi connectivity index (χ0n) is 52.5. The Labute approximate surface area is 486 Å². The number of esters is 2. The first-order valence-corrected chi connectivity index (χ1v) is 36.5. The van der Waals surface area contributed by atoms with Crippen molar-refractivity contribution in [2.75, 3.05) is 26.4 Å². The van der Waals surface area contributed by atoms with E-state index in [1.54, 1.807) is 0 Å². The minimum Gasteiger partial charge on any atom is -0.462 e. The van der Waals surface area contributed by atoms with Crippen molar-refractivity contribution in [2.45, 2.75) is 399 Å². The number of hydrogen-bond donors (Lipinski definition) is 2. The molecule has 10 heteroatoms. The molecule has 0 aromatic carbocycles. The first kappa shape index (κ1) is 77.0. The van der Waals surface area contributed by atoms with E-state index in [1.165, 1.54) is 327 Å². The average molecular weight is 1130 g/mol. The Morgan fingerprint density at radius 1 is 0.333 bits per heavy atom. The monoisotopic (exact) mass is 1130 g/mol. The van der Waals surface area contributed by atoms with Crippen molar-refractivity contribution in [1.29, 1.82) is 0 Å². The van der Waals surface area contributed by atoms with Gasteiger partial charge < -0.3 is 20.1 Å². The number of hydrogen-bond acceptors (Lipinski definition) is 8. The van der Waals surface area contributed by atoms with Gasteiger partial charge in [0.1, 0.15) is 6.61 Å². The molecule has 0 rings (SSSR count). The van der Waals surface area contributed by atoms with Gasteiger partial charge in [0.15, 0.2) is 6.10 Å². The van der Waals surface area contributed by atoms with E-state index in [2.05, 4.69) is 13.8 Å². The van der Waals surface area contributed by atoms with Crippen LogP contribution in [0.1, 0.15) is 393 Å². The first-order chi connectivity index (χ1) is 38.3. The van der Waals surface area contributed by atoms with Crippen LogP contribution in [-0.4, -0.2) is 49.3 Å². The van der Waals surface area contributed by atoms with Crippen LogP contribution in [0.2, 0.25) is 0 Å². The third kappa shape index (κ3) is 64.2. The van der Waals surface area contributed by atoms with Crippen molar-refractivity contribution in [1.82, 2.24) is 0 Å². The van der Waals surface area contributed by atoms with Crippen LogP contribution in [0, 0.1) is 0 Å². The highest BCUT2D eigenvalue weighted by atomic mass is 31.2. The molecule has 0 aromatic heterocycles. The number of ether oxygens (including phenoxy) is 2. The van der Waals surface area contributed by atoms with E-state index in [-0.39, 0.29) is 32.1 Å². The largest absolute Gasteiger partial charge is 0.472 e. The van der Waals surface area contributed by atoms with Gasteiger partial charge in [-0.05, 0) is 12.8 Å². The van der Waals surface area contributed by atoms with Crippen molar-refractivity contribution in [2.24, 2.45) is 5.73 Å². The highest BCUT2D eigenvalue weighted by molar-refractivity contribution is 7.47. The fourth-order valence-electron chi connectivity index (χ4n) is 11.1. The molecular formula is C68H136NO8P. The molecule has 2 unspecified atom stereocenters. The molecule has 0 aliphatic rings. The van der Waals surface area contributed by atoms with Gasteiger partial charge in [-0.3, -0.25) is 18.6 Å². The summed E-state index contributed by atoms with van der Waals surface area (Å²) < 4.78 is 33.2. The molecule has 2 atom stereocenters. The molecule has 0 fully saturated rings. The Morgan fingerprint density at radius 3 is 0.782 bits per heavy atom. The molecule has 0 aliphatic heterocycles. The van der Waals surface area contributed by atoms with Gasteiger partial charge >= 0.3 is 19.8 Å². The summed E-state index contributed by atoms with van der Waals surface area (Å²) in [5.41, 5.74) is 5.40. The van der Waals surface area contributed by atoms with Crippen molar-refractivity contribution in [3.05, 3.63) is 0 Å². The van der Waals surface area contributed by atoms with Crippen molar-refractivity contribution in [3.8, 4) is 0 Å². The summed E-state index contributed by atoms with van der Waals surface area (Å²) in [4.78, 5) is 35.3. The summed E-state index contributed by atoms with van der Waals surface area (Å²) in [5, 5.41) is 0. The lowest BCUT2D eigenvalue weighted by Gasteiger charge is -2.19. The number of carbonyl (C=O) groups excluding carboxylic acids is 2. The molecule has 0 aromatic rings. The van der Waals surface area contributed by atoms with Gasteiger partial charge in [0.2, 0.25) is 0 Å². The third-order valence-electron chi connectivity index (χ3n) is 16.2. The Bertz CT molecular complexity index is 1240. The van der Waals surface area contributed by atoms with Gasteiger partial charge in [-0.1, -0.05) is 367 Å². The highest BCUT2D eigenvalue weighted by Crippen LogP contribution is 2.43. The van der Waals surface area contributed by atoms with E-state index in [1.807, 2.05) is 0 Å². The Balaban J connectivity index is 3.78. The SMILES string of the molecule is CCCCCCCCCCCCCCCCCCCCCCCCCCCCCCCCCCCC(=O)OC(COC(=O)CCCCCCCCCCCCCCCCCCCCCCCCCC)COP(=O)(O)OCCN. The maximum Gasteiger partial charge on any atom is 0.472 e. The third-order valence-corrected chi connectivity index (χ3v) is 17.2. The molecule has 0 saturated carbocycles. The van der Waals surface area contributed by atoms with Gasteiger partial charge in [-0.25, -0.2) is 4.57 Å². The van der Waals surface area contributed by atoms with Crippen LogP contribution in [0.15, 0.2) is 0 Å². The molecule has 9 nitrogen and oxygen atoms in total. The number of carbonyl (C=O) groups is 2. The molecule has 0 heterocycles. The van der Waals surface area contributed by atoms with E-state index >= 15 is 0 Å². The highest BCUT2D eigenvalue weighted by Gasteiger charge is 2.26. The second kappa shape index (κ2) is 65.2. The van der Waals surface area contributed by atoms with Crippen LogP contribution >= 0.6 is 7.82 Å². The van der Waals surface area contributed by atoms with Crippen molar-refractivity contribution < 1.29 is 37.6 Å². The van der Waals surface area contributed by atoms with E-state index < -0.39 is 26.5 Å². The molecule has 466 valence electrons. The number of unbranched alkanes of at least 4 members (excludes halogenated alkanes) is 55. The topological polar surface area (TPSA) is 134 Å². The molecule has 0 radical (unpaired) electrons. The van der Waals surface area contributed by atoms with E-state index in [0.29, 0.717) is 12.8 Å². The molecule has 0 saturated heterocycles. The van der Waals surface area contributed by atoms with E-state index in [4.69, 9.17) is 24.3 Å². The lowest BCUT2D eigenvalue weighted by molar-refractivity contribution is -0.161. The van der Waals surface area contributed by atoms with Crippen molar-refractivity contribution >= 4 is 19.8 Å². The summed E-state index contributed by atoms with van der Waals surface area (Å²) >= 11 is 0. The quantitative estimate of drug-likeness (QED) is 0.0347. The number of nitrogens with two attached hydrogens (primary N) is 1. The smallest absolute Gasteiger partial charge is 0.462 e. The molecule has 3 N–H and O–H groups in total. The van der Waals surface area contributed by atoms with Crippen LogP contribution in [0.4, 0.5) is 0 Å². The van der Waals surface area contributed by atoms with E-state index in [9.17, 15) is 19.0 Å². The minimum atomic E-state index is -4.38. The molecular weight excluding hydrogens is 990 g/mol. The van der Waals surface area contributed by atoms with Crippen LogP contribution < -0.4 is 5.73 Å². The summed E-state index contributed by atoms with van der Waals surface area (Å²) in [6, 6.07) is 0. The second-order valence-corrected chi connectivity index (χ2v) is 25.6.